The van der Waals surface area contributed by atoms with Crippen LogP contribution in [0.2, 0.25) is 0 Å². The van der Waals surface area contributed by atoms with Crippen molar-refractivity contribution in [2.45, 2.75) is 24.6 Å². The average Bonchev–Trinajstić information content (AvgIpc) is 3.29. The predicted molar refractivity (Wildman–Crippen MR) is 119 cm³/mol. The van der Waals surface area contributed by atoms with Crippen molar-refractivity contribution < 1.29 is 41.4 Å². The third-order valence-corrected chi connectivity index (χ3v) is 5.47. The summed E-state index contributed by atoms with van der Waals surface area (Å²) in [5, 5.41) is 8.01. The number of carboxylic acid groups (broad SMARTS) is 1. The van der Waals surface area contributed by atoms with E-state index in [1.165, 1.54) is 23.5 Å². The average molecular weight is 523 g/mol. The quantitative estimate of drug-likeness (QED) is 0.389. The molecule has 2 N–H and O–H groups in total. The standard InChI is InChI=1S/C21H17F2N5O2.C2HF3O2/c22-21(23)7-10-28(20(29)14-11-26-19-18(14)24-8-9-25-19)12-16(21)30-17-6-5-13-3-1-2-4-15(13)27-17;3-2(4,5)1(6)7/h1-6,8-9,11,16H,7,10,12H2,(H,25,26);(H,6,7)/t16-;/m0./s1. The summed E-state index contributed by atoms with van der Waals surface area (Å²) in [6.45, 7) is -0.336. The molecule has 0 spiro atoms. The van der Waals surface area contributed by atoms with E-state index < -0.39 is 36.5 Å². The first-order valence-electron chi connectivity index (χ1n) is 10.7. The molecule has 5 rings (SSSR count). The molecule has 14 heteroatoms. The van der Waals surface area contributed by atoms with E-state index >= 15 is 0 Å². The number of aromatic amines is 1. The topological polar surface area (TPSA) is 121 Å². The number of rotatable bonds is 3. The number of piperidine rings is 1. The van der Waals surface area contributed by atoms with Crippen molar-refractivity contribution in [3.8, 4) is 5.88 Å². The van der Waals surface area contributed by atoms with Gasteiger partial charge in [-0.2, -0.15) is 13.2 Å². The number of para-hydroxylation sites is 1. The van der Waals surface area contributed by atoms with Gasteiger partial charge in [-0.05, 0) is 12.1 Å². The van der Waals surface area contributed by atoms with Crippen LogP contribution in [-0.2, 0) is 4.79 Å². The molecule has 0 radical (unpaired) electrons. The first kappa shape index (κ1) is 25.7. The molecule has 194 valence electrons. The lowest BCUT2D eigenvalue weighted by Crippen LogP contribution is -2.55. The first-order chi connectivity index (χ1) is 17.5. The van der Waals surface area contributed by atoms with Crippen molar-refractivity contribution in [1.29, 1.82) is 0 Å². The van der Waals surface area contributed by atoms with Crippen molar-refractivity contribution in [1.82, 2.24) is 24.8 Å². The Hall–Kier alpha value is -4.36. The Labute approximate surface area is 204 Å². The number of aliphatic carboxylic acids is 1. The summed E-state index contributed by atoms with van der Waals surface area (Å²) < 4.78 is 66.5. The number of amides is 1. The number of carboxylic acids is 1. The van der Waals surface area contributed by atoms with Crippen molar-refractivity contribution in [2.24, 2.45) is 0 Å². The van der Waals surface area contributed by atoms with Crippen LogP contribution < -0.4 is 4.74 Å². The molecule has 1 aromatic carbocycles. The number of aromatic nitrogens is 4. The molecule has 9 nitrogen and oxygen atoms in total. The Balaban J connectivity index is 0.000000405. The lowest BCUT2D eigenvalue weighted by atomic mass is 10.0. The molecule has 1 fully saturated rings. The van der Waals surface area contributed by atoms with E-state index in [1.807, 2.05) is 18.2 Å². The molecule has 1 aliphatic heterocycles. The number of hydrogen-bond acceptors (Lipinski definition) is 6. The number of hydrogen-bond donors (Lipinski definition) is 2. The molecule has 0 unspecified atom stereocenters. The summed E-state index contributed by atoms with van der Waals surface area (Å²) in [7, 11) is 0. The molecule has 1 aliphatic rings. The summed E-state index contributed by atoms with van der Waals surface area (Å²) in [6, 6.07) is 10.7. The van der Waals surface area contributed by atoms with E-state index in [0.29, 0.717) is 22.2 Å². The van der Waals surface area contributed by atoms with Crippen molar-refractivity contribution in [3.05, 3.63) is 60.6 Å². The molecular formula is C23H18F5N5O4. The molecule has 1 amide bonds. The smallest absolute Gasteiger partial charge is 0.475 e. The zero-order valence-corrected chi connectivity index (χ0v) is 18.7. The number of halogens is 5. The molecule has 3 aromatic heterocycles. The number of alkyl halides is 5. The van der Waals surface area contributed by atoms with Crippen molar-refractivity contribution in [2.75, 3.05) is 13.1 Å². The number of benzene rings is 1. The van der Waals surface area contributed by atoms with Gasteiger partial charge in [-0.25, -0.2) is 23.5 Å². The van der Waals surface area contributed by atoms with E-state index in [2.05, 4.69) is 19.9 Å². The van der Waals surface area contributed by atoms with Crippen LogP contribution >= 0.6 is 0 Å². The number of carbonyl (C=O) groups excluding carboxylic acids is 1. The van der Waals surface area contributed by atoms with Gasteiger partial charge in [0.2, 0.25) is 5.88 Å². The van der Waals surface area contributed by atoms with E-state index in [9.17, 15) is 26.7 Å². The molecule has 0 aliphatic carbocycles. The molecule has 4 heterocycles. The lowest BCUT2D eigenvalue weighted by molar-refractivity contribution is -0.192. The zero-order valence-electron chi connectivity index (χ0n) is 18.7. The highest BCUT2D eigenvalue weighted by Gasteiger charge is 2.47. The van der Waals surface area contributed by atoms with Crippen molar-refractivity contribution >= 4 is 33.9 Å². The number of likely N-dealkylation sites (tertiary alicyclic amines) is 1. The molecule has 0 bridgehead atoms. The van der Waals surface area contributed by atoms with Crippen LogP contribution in [0, 0.1) is 0 Å². The van der Waals surface area contributed by atoms with Gasteiger partial charge in [-0.3, -0.25) is 9.78 Å². The number of fused-ring (bicyclic) bond motifs is 2. The Morgan fingerprint density at radius 2 is 1.81 bits per heavy atom. The highest BCUT2D eigenvalue weighted by Crippen LogP contribution is 2.32. The van der Waals surface area contributed by atoms with Gasteiger partial charge in [0, 0.05) is 43.0 Å². The fourth-order valence-corrected chi connectivity index (χ4v) is 3.62. The zero-order chi connectivity index (χ0) is 26.8. The van der Waals surface area contributed by atoms with E-state index in [0.717, 1.165) is 5.39 Å². The Morgan fingerprint density at radius 3 is 2.54 bits per heavy atom. The minimum atomic E-state index is -5.08. The van der Waals surface area contributed by atoms with Gasteiger partial charge in [0.1, 0.15) is 5.52 Å². The Morgan fingerprint density at radius 1 is 1.11 bits per heavy atom. The highest BCUT2D eigenvalue weighted by molar-refractivity contribution is 6.04. The number of ether oxygens (including phenoxy) is 1. The van der Waals surface area contributed by atoms with Crippen molar-refractivity contribution in [3.63, 3.8) is 0 Å². The molecule has 4 aromatic rings. The second kappa shape index (κ2) is 9.95. The molecule has 1 saturated heterocycles. The van der Waals surface area contributed by atoms with Crippen LogP contribution in [-0.4, -0.2) is 73.1 Å². The number of nitrogens with one attached hydrogen (secondary N) is 1. The fourth-order valence-electron chi connectivity index (χ4n) is 3.62. The number of pyridine rings is 1. The minimum absolute atomic E-state index is 0.0796. The third kappa shape index (κ3) is 5.73. The Kier molecular flexibility index (Phi) is 6.92. The first-order valence-corrected chi connectivity index (χ1v) is 10.7. The second-order valence-electron chi connectivity index (χ2n) is 7.97. The Bertz CT molecular complexity index is 1440. The maximum atomic E-state index is 14.6. The maximum absolute atomic E-state index is 14.6. The SMILES string of the molecule is O=C(O)C(F)(F)F.O=C(c1c[nH]c2nccnc12)N1CCC(F)(F)[C@@H](Oc2ccc3ccccc3n2)C1. The van der Waals surface area contributed by atoms with Gasteiger partial charge in [0.05, 0.1) is 17.6 Å². The fraction of sp³-hybridized carbons (Fsp3) is 0.261. The van der Waals surface area contributed by atoms with E-state index in [4.69, 9.17) is 14.6 Å². The van der Waals surface area contributed by atoms with Crippen LogP contribution in [0.5, 0.6) is 5.88 Å². The summed E-state index contributed by atoms with van der Waals surface area (Å²) in [4.78, 5) is 38.7. The van der Waals surface area contributed by atoms with Crippen LogP contribution in [0.3, 0.4) is 0 Å². The molecule has 1 atom stereocenters. The van der Waals surface area contributed by atoms with Crippen LogP contribution in [0.15, 0.2) is 55.0 Å². The largest absolute Gasteiger partial charge is 0.490 e. The van der Waals surface area contributed by atoms with Gasteiger partial charge in [-0.1, -0.05) is 18.2 Å². The van der Waals surface area contributed by atoms with Gasteiger partial charge in [0.25, 0.3) is 11.8 Å². The molecular weight excluding hydrogens is 505 g/mol. The lowest BCUT2D eigenvalue weighted by Gasteiger charge is -2.37. The van der Waals surface area contributed by atoms with Crippen LogP contribution in [0.25, 0.3) is 22.1 Å². The summed E-state index contributed by atoms with van der Waals surface area (Å²) in [5.41, 5.74) is 1.83. The van der Waals surface area contributed by atoms with Gasteiger partial charge >= 0.3 is 12.1 Å². The summed E-state index contributed by atoms with van der Waals surface area (Å²) in [5.74, 6) is -6.13. The molecule has 37 heavy (non-hydrogen) atoms. The van der Waals surface area contributed by atoms with Crippen LogP contribution in [0.1, 0.15) is 16.8 Å². The number of carbonyl (C=O) groups is 2. The normalized spacial score (nSPS) is 17.2. The van der Waals surface area contributed by atoms with E-state index in [-0.39, 0.29) is 19.0 Å². The van der Waals surface area contributed by atoms with Gasteiger partial charge in [-0.15, -0.1) is 0 Å². The maximum Gasteiger partial charge on any atom is 0.490 e. The number of H-pyrrole nitrogens is 1. The predicted octanol–water partition coefficient (Wildman–Crippen LogP) is 4.07. The summed E-state index contributed by atoms with van der Waals surface area (Å²) in [6.07, 6.45) is -2.59. The third-order valence-electron chi connectivity index (χ3n) is 5.47. The second-order valence-corrected chi connectivity index (χ2v) is 7.97. The highest BCUT2D eigenvalue weighted by atomic mass is 19.4. The monoisotopic (exact) mass is 523 g/mol. The summed E-state index contributed by atoms with van der Waals surface area (Å²) >= 11 is 0. The minimum Gasteiger partial charge on any atom is -0.475 e. The molecule has 0 saturated carbocycles. The van der Waals surface area contributed by atoms with Crippen LogP contribution in [0.4, 0.5) is 22.0 Å². The number of nitrogens with zero attached hydrogens (tertiary/aromatic N) is 4. The van der Waals surface area contributed by atoms with E-state index in [1.54, 1.807) is 18.2 Å². The van der Waals surface area contributed by atoms with Gasteiger partial charge < -0.3 is 19.7 Å². The van der Waals surface area contributed by atoms with Gasteiger partial charge in [0.15, 0.2) is 11.8 Å².